The Morgan fingerprint density at radius 2 is 2.23 bits per heavy atom. The molecular formula is C17H18FN3O. The maximum Gasteiger partial charge on any atom is 0.253 e. The third-order valence-electron chi connectivity index (χ3n) is 3.85. The summed E-state index contributed by atoms with van der Waals surface area (Å²) in [4.78, 5) is 18.3. The number of benzene rings is 1. The lowest BCUT2D eigenvalue weighted by molar-refractivity contribution is 0.0933. The quantitative estimate of drug-likeness (QED) is 0.947. The molecule has 1 N–H and O–H groups in total. The van der Waals surface area contributed by atoms with Gasteiger partial charge >= 0.3 is 0 Å². The summed E-state index contributed by atoms with van der Waals surface area (Å²) in [7, 11) is 0. The van der Waals surface area contributed by atoms with Crippen LogP contribution in [0.3, 0.4) is 0 Å². The predicted octanol–water partition coefficient (Wildman–Crippen LogP) is 2.62. The molecule has 0 saturated carbocycles. The minimum Gasteiger partial charge on any atom is -0.369 e. The average molecular weight is 299 g/mol. The number of piperidine rings is 1. The highest BCUT2D eigenvalue weighted by Crippen LogP contribution is 2.20. The average Bonchev–Trinajstić information content (AvgIpc) is 2.56. The first-order valence-electron chi connectivity index (χ1n) is 7.44. The number of hydrogen-bond donors (Lipinski definition) is 1. The van der Waals surface area contributed by atoms with Crippen molar-refractivity contribution in [2.24, 2.45) is 0 Å². The molecule has 0 aliphatic carbocycles. The Labute approximate surface area is 129 Å². The molecule has 22 heavy (non-hydrogen) atoms. The molecule has 4 nitrogen and oxygen atoms in total. The van der Waals surface area contributed by atoms with E-state index in [0.29, 0.717) is 12.1 Å². The second-order valence-corrected chi connectivity index (χ2v) is 5.48. The molecule has 1 fully saturated rings. The molecule has 3 rings (SSSR count). The molecular weight excluding hydrogens is 281 g/mol. The predicted molar refractivity (Wildman–Crippen MR) is 83.3 cm³/mol. The van der Waals surface area contributed by atoms with Crippen molar-refractivity contribution >= 4 is 11.6 Å². The Balaban J connectivity index is 1.65. The number of anilines is 1. The van der Waals surface area contributed by atoms with Gasteiger partial charge in [0.15, 0.2) is 0 Å². The van der Waals surface area contributed by atoms with Crippen molar-refractivity contribution in [2.75, 3.05) is 18.0 Å². The summed E-state index contributed by atoms with van der Waals surface area (Å²) in [6, 6.07) is 10.1. The van der Waals surface area contributed by atoms with E-state index < -0.39 is 0 Å². The fraction of sp³-hybridized carbons (Fsp3) is 0.294. The minimum atomic E-state index is -0.237. The summed E-state index contributed by atoms with van der Waals surface area (Å²) < 4.78 is 13.3. The van der Waals surface area contributed by atoms with Gasteiger partial charge in [-0.05, 0) is 43.2 Å². The summed E-state index contributed by atoms with van der Waals surface area (Å²) in [5.41, 5.74) is 1.42. The van der Waals surface area contributed by atoms with E-state index in [1.165, 1.54) is 12.1 Å². The first-order chi connectivity index (χ1) is 10.7. The third-order valence-corrected chi connectivity index (χ3v) is 3.85. The van der Waals surface area contributed by atoms with E-state index >= 15 is 0 Å². The van der Waals surface area contributed by atoms with Crippen molar-refractivity contribution in [1.29, 1.82) is 0 Å². The van der Waals surface area contributed by atoms with Gasteiger partial charge in [0.2, 0.25) is 0 Å². The lowest BCUT2D eigenvalue weighted by Gasteiger charge is -2.34. The van der Waals surface area contributed by atoms with Gasteiger partial charge in [0, 0.05) is 37.2 Å². The highest BCUT2D eigenvalue weighted by Gasteiger charge is 2.22. The fourth-order valence-electron chi connectivity index (χ4n) is 2.77. The van der Waals surface area contributed by atoms with Crippen molar-refractivity contribution in [1.82, 2.24) is 10.3 Å². The number of hydrogen-bond acceptors (Lipinski definition) is 3. The third kappa shape index (κ3) is 3.42. The Bertz CT molecular complexity index is 647. The van der Waals surface area contributed by atoms with Crippen LogP contribution >= 0.6 is 0 Å². The number of halogens is 1. The number of carbonyl (C=O) groups excluding carboxylic acids is 1. The first kappa shape index (κ1) is 14.5. The Kier molecular flexibility index (Phi) is 4.32. The molecule has 0 bridgehead atoms. The fourth-order valence-corrected chi connectivity index (χ4v) is 2.77. The molecule has 0 radical (unpaired) electrons. The maximum absolute atomic E-state index is 13.3. The maximum atomic E-state index is 13.3. The number of rotatable bonds is 3. The lowest BCUT2D eigenvalue weighted by atomic mass is 10.0. The number of nitrogens with zero attached hydrogens (tertiary/aromatic N) is 2. The smallest absolute Gasteiger partial charge is 0.253 e. The van der Waals surface area contributed by atoms with Crippen LogP contribution in [0.1, 0.15) is 23.2 Å². The summed E-state index contributed by atoms with van der Waals surface area (Å²) in [6.45, 7) is 1.57. The second kappa shape index (κ2) is 6.56. The van der Waals surface area contributed by atoms with E-state index in [-0.39, 0.29) is 17.8 Å². The van der Waals surface area contributed by atoms with Crippen LogP contribution in [0.2, 0.25) is 0 Å². The zero-order chi connectivity index (χ0) is 15.4. The van der Waals surface area contributed by atoms with Crippen LogP contribution in [0.5, 0.6) is 0 Å². The Morgan fingerprint density at radius 1 is 1.32 bits per heavy atom. The van der Waals surface area contributed by atoms with Crippen LogP contribution in [-0.4, -0.2) is 30.0 Å². The van der Waals surface area contributed by atoms with E-state index in [1.807, 2.05) is 6.07 Å². The number of nitrogens with one attached hydrogen (secondary N) is 1. The van der Waals surface area contributed by atoms with Gasteiger partial charge in [0.25, 0.3) is 5.91 Å². The van der Waals surface area contributed by atoms with Crippen LogP contribution in [0, 0.1) is 5.82 Å². The molecule has 1 amide bonds. The first-order valence-corrected chi connectivity index (χ1v) is 7.44. The van der Waals surface area contributed by atoms with E-state index in [4.69, 9.17) is 0 Å². The van der Waals surface area contributed by atoms with Gasteiger partial charge in [0.05, 0.1) is 5.56 Å². The molecule has 1 saturated heterocycles. The minimum absolute atomic E-state index is 0.0599. The molecule has 1 aromatic heterocycles. The Morgan fingerprint density at radius 3 is 3.00 bits per heavy atom. The highest BCUT2D eigenvalue weighted by molar-refractivity contribution is 5.94. The van der Waals surface area contributed by atoms with Gasteiger partial charge in [0.1, 0.15) is 5.82 Å². The number of pyridine rings is 1. The largest absolute Gasteiger partial charge is 0.369 e. The van der Waals surface area contributed by atoms with Crippen LogP contribution in [0.4, 0.5) is 10.1 Å². The van der Waals surface area contributed by atoms with E-state index in [0.717, 1.165) is 25.1 Å². The Hall–Kier alpha value is -2.43. The van der Waals surface area contributed by atoms with E-state index in [9.17, 15) is 9.18 Å². The number of aromatic nitrogens is 1. The van der Waals surface area contributed by atoms with Crippen LogP contribution in [0.25, 0.3) is 0 Å². The second-order valence-electron chi connectivity index (χ2n) is 5.48. The van der Waals surface area contributed by atoms with Gasteiger partial charge in [-0.15, -0.1) is 0 Å². The molecule has 1 unspecified atom stereocenters. The van der Waals surface area contributed by atoms with Crippen molar-refractivity contribution in [3.05, 3.63) is 60.2 Å². The van der Waals surface area contributed by atoms with Gasteiger partial charge in [-0.1, -0.05) is 6.07 Å². The van der Waals surface area contributed by atoms with Gasteiger partial charge in [-0.2, -0.15) is 0 Å². The molecule has 5 heteroatoms. The summed E-state index contributed by atoms with van der Waals surface area (Å²) in [5.74, 6) is -0.349. The van der Waals surface area contributed by atoms with Gasteiger partial charge in [-0.25, -0.2) is 4.39 Å². The molecule has 114 valence electrons. The van der Waals surface area contributed by atoms with Crippen LogP contribution in [-0.2, 0) is 0 Å². The summed E-state index contributed by atoms with van der Waals surface area (Å²) >= 11 is 0. The van der Waals surface area contributed by atoms with Crippen molar-refractivity contribution in [3.8, 4) is 0 Å². The topological polar surface area (TPSA) is 45.2 Å². The normalized spacial score (nSPS) is 18.0. The zero-order valence-corrected chi connectivity index (χ0v) is 12.2. The SMILES string of the molecule is O=C(NC1CCCN(c2cccc(F)c2)C1)c1cccnc1. The lowest BCUT2D eigenvalue weighted by Crippen LogP contribution is -2.47. The van der Waals surface area contributed by atoms with Crippen molar-refractivity contribution in [2.45, 2.75) is 18.9 Å². The molecule has 1 aliphatic rings. The summed E-state index contributed by atoms with van der Waals surface area (Å²) in [6.07, 6.45) is 5.10. The number of amides is 1. The van der Waals surface area contributed by atoms with Crippen LogP contribution in [0.15, 0.2) is 48.8 Å². The van der Waals surface area contributed by atoms with E-state index in [1.54, 1.807) is 30.6 Å². The highest BCUT2D eigenvalue weighted by atomic mass is 19.1. The van der Waals surface area contributed by atoms with Gasteiger partial charge in [-0.3, -0.25) is 9.78 Å². The number of carbonyl (C=O) groups is 1. The van der Waals surface area contributed by atoms with Crippen LogP contribution < -0.4 is 10.2 Å². The zero-order valence-electron chi connectivity index (χ0n) is 12.2. The molecule has 1 aliphatic heterocycles. The molecule has 1 atom stereocenters. The molecule has 1 aromatic carbocycles. The molecule has 2 heterocycles. The van der Waals surface area contributed by atoms with Crippen molar-refractivity contribution < 1.29 is 9.18 Å². The molecule has 0 spiro atoms. The van der Waals surface area contributed by atoms with E-state index in [2.05, 4.69) is 15.2 Å². The van der Waals surface area contributed by atoms with Gasteiger partial charge < -0.3 is 10.2 Å². The monoisotopic (exact) mass is 299 g/mol. The standard InChI is InChI=1S/C17H18FN3O/c18-14-5-1-7-16(10-14)21-9-3-6-15(12-21)20-17(22)13-4-2-8-19-11-13/h1-2,4-5,7-8,10-11,15H,3,6,9,12H2,(H,20,22). The molecule has 2 aromatic rings. The summed E-state index contributed by atoms with van der Waals surface area (Å²) in [5, 5.41) is 3.04. The van der Waals surface area contributed by atoms with Crippen molar-refractivity contribution in [3.63, 3.8) is 0 Å².